The maximum Gasteiger partial charge on any atom is 0.167 e. The van der Waals surface area contributed by atoms with Crippen molar-refractivity contribution in [2.24, 2.45) is 17.6 Å². The smallest absolute Gasteiger partial charge is 0.167 e. The molecule has 4 N–H and O–H groups in total. The summed E-state index contributed by atoms with van der Waals surface area (Å²) in [4.78, 5) is 29.9. The maximum atomic E-state index is 14.7. The summed E-state index contributed by atoms with van der Waals surface area (Å²) in [5, 5.41) is 20.0. The standard InChI is InChI=1S/C29H31FN2O4/c1-18-23(10-4-11-26(18)30)27-24(28(35)19-6-2-8-21(33)14-19)16-32(13-5-12-31)17-25(27)29(36)20-7-3-9-22(34)15-20/h2-4,6-11,14-15,24-25,27,33-34H,5,12-13,16-17,31H2,1H3/t24-,25+,27+. The van der Waals surface area contributed by atoms with Gasteiger partial charge in [0.25, 0.3) is 0 Å². The first kappa shape index (κ1) is 25.5. The van der Waals surface area contributed by atoms with Gasteiger partial charge in [-0.15, -0.1) is 0 Å². The van der Waals surface area contributed by atoms with E-state index in [0.717, 1.165) is 0 Å². The summed E-state index contributed by atoms with van der Waals surface area (Å²) in [6, 6.07) is 17.1. The van der Waals surface area contributed by atoms with E-state index in [1.165, 1.54) is 30.3 Å². The lowest BCUT2D eigenvalue weighted by Crippen LogP contribution is -2.51. The van der Waals surface area contributed by atoms with Crippen LogP contribution in [-0.4, -0.2) is 52.9 Å². The van der Waals surface area contributed by atoms with E-state index >= 15 is 0 Å². The van der Waals surface area contributed by atoms with Gasteiger partial charge in [-0.05, 0) is 67.9 Å². The molecule has 0 spiro atoms. The van der Waals surface area contributed by atoms with Crippen LogP contribution in [0.5, 0.6) is 11.5 Å². The number of phenols is 2. The van der Waals surface area contributed by atoms with Crippen molar-refractivity contribution in [1.29, 1.82) is 0 Å². The SMILES string of the molecule is Cc1c(F)cccc1[C@@H]1[C@@H](C(=O)c2cccc(O)c2)CN(CCCN)C[C@H]1C(=O)c1cccc(O)c1. The van der Waals surface area contributed by atoms with E-state index in [1.54, 1.807) is 43.3 Å². The van der Waals surface area contributed by atoms with Crippen molar-refractivity contribution in [2.75, 3.05) is 26.2 Å². The summed E-state index contributed by atoms with van der Waals surface area (Å²) < 4.78 is 14.7. The molecule has 6 nitrogen and oxygen atoms in total. The molecule has 1 aliphatic rings. The number of aromatic hydroxyl groups is 2. The van der Waals surface area contributed by atoms with Crippen molar-refractivity contribution in [3.05, 3.63) is 94.8 Å². The molecule has 1 heterocycles. The number of benzene rings is 3. The highest BCUT2D eigenvalue weighted by atomic mass is 19.1. The maximum absolute atomic E-state index is 14.7. The number of likely N-dealkylation sites (tertiary alicyclic amines) is 1. The van der Waals surface area contributed by atoms with Crippen LogP contribution in [0.4, 0.5) is 4.39 Å². The molecule has 0 aromatic heterocycles. The van der Waals surface area contributed by atoms with E-state index in [9.17, 15) is 24.2 Å². The third-order valence-electron chi connectivity index (χ3n) is 7.06. The molecule has 36 heavy (non-hydrogen) atoms. The van der Waals surface area contributed by atoms with Gasteiger partial charge in [0.1, 0.15) is 17.3 Å². The topological polar surface area (TPSA) is 104 Å². The van der Waals surface area contributed by atoms with Crippen LogP contribution in [0, 0.1) is 24.6 Å². The van der Waals surface area contributed by atoms with Crippen molar-refractivity contribution in [1.82, 2.24) is 4.90 Å². The van der Waals surface area contributed by atoms with Gasteiger partial charge in [-0.2, -0.15) is 0 Å². The van der Waals surface area contributed by atoms with Gasteiger partial charge in [0, 0.05) is 42.0 Å². The van der Waals surface area contributed by atoms with Crippen LogP contribution >= 0.6 is 0 Å². The largest absolute Gasteiger partial charge is 0.508 e. The van der Waals surface area contributed by atoms with Crippen LogP contribution in [0.25, 0.3) is 0 Å². The summed E-state index contributed by atoms with van der Waals surface area (Å²) in [5.74, 6) is -2.80. The summed E-state index contributed by atoms with van der Waals surface area (Å²) in [6.45, 7) is 3.49. The molecule has 3 atom stereocenters. The zero-order chi connectivity index (χ0) is 25.8. The molecule has 1 fully saturated rings. The highest BCUT2D eigenvalue weighted by molar-refractivity contribution is 6.02. The van der Waals surface area contributed by atoms with Crippen molar-refractivity contribution >= 4 is 11.6 Å². The Morgan fingerprint density at radius 2 is 1.44 bits per heavy atom. The Morgan fingerprint density at radius 3 is 1.94 bits per heavy atom. The van der Waals surface area contributed by atoms with Crippen LogP contribution in [0.3, 0.4) is 0 Å². The van der Waals surface area contributed by atoms with Gasteiger partial charge in [-0.3, -0.25) is 9.59 Å². The van der Waals surface area contributed by atoms with Crippen molar-refractivity contribution < 1.29 is 24.2 Å². The number of carbonyl (C=O) groups excluding carboxylic acids is 2. The third kappa shape index (κ3) is 5.32. The van der Waals surface area contributed by atoms with Crippen molar-refractivity contribution in [3.8, 4) is 11.5 Å². The van der Waals surface area contributed by atoms with Crippen LogP contribution < -0.4 is 5.73 Å². The van der Waals surface area contributed by atoms with Gasteiger partial charge in [-0.1, -0.05) is 36.4 Å². The van der Waals surface area contributed by atoms with Gasteiger partial charge in [0.05, 0.1) is 0 Å². The number of nitrogens with zero attached hydrogens (tertiary/aromatic N) is 1. The molecule has 0 unspecified atom stereocenters. The van der Waals surface area contributed by atoms with Gasteiger partial charge >= 0.3 is 0 Å². The number of piperidine rings is 1. The van der Waals surface area contributed by atoms with Crippen molar-refractivity contribution in [3.63, 3.8) is 0 Å². The Labute approximate surface area is 210 Å². The lowest BCUT2D eigenvalue weighted by atomic mass is 9.67. The first-order valence-corrected chi connectivity index (χ1v) is 12.1. The molecule has 188 valence electrons. The number of carbonyl (C=O) groups is 2. The number of nitrogens with two attached hydrogens (primary N) is 1. The van der Waals surface area contributed by atoms with E-state index < -0.39 is 23.6 Å². The lowest BCUT2D eigenvalue weighted by molar-refractivity contribution is 0.0570. The fourth-order valence-corrected chi connectivity index (χ4v) is 5.29. The minimum absolute atomic E-state index is 0.0254. The van der Waals surface area contributed by atoms with Crippen LogP contribution in [0.1, 0.15) is 44.2 Å². The Balaban J connectivity index is 1.85. The average molecular weight is 491 g/mol. The molecule has 3 aromatic rings. The second-order valence-corrected chi connectivity index (χ2v) is 9.42. The van der Waals surface area contributed by atoms with E-state index in [1.807, 2.05) is 0 Å². The monoisotopic (exact) mass is 490 g/mol. The predicted octanol–water partition coefficient (Wildman–Crippen LogP) is 4.29. The Kier molecular flexibility index (Phi) is 7.82. The second kappa shape index (κ2) is 11.0. The summed E-state index contributed by atoms with van der Waals surface area (Å²) >= 11 is 0. The first-order valence-electron chi connectivity index (χ1n) is 12.1. The number of phenolic OH excluding ortho intramolecular Hbond substituents is 2. The molecule has 3 aromatic carbocycles. The number of hydrogen-bond donors (Lipinski definition) is 3. The number of hydrogen-bond acceptors (Lipinski definition) is 6. The molecule has 0 amide bonds. The molecule has 0 saturated carbocycles. The molecule has 0 radical (unpaired) electrons. The number of ketones is 2. The van der Waals surface area contributed by atoms with E-state index in [2.05, 4.69) is 4.90 Å². The normalized spacial score (nSPS) is 20.2. The highest BCUT2D eigenvalue weighted by Gasteiger charge is 2.45. The van der Waals surface area contributed by atoms with E-state index in [0.29, 0.717) is 54.9 Å². The fraction of sp³-hybridized carbons (Fsp3) is 0.310. The van der Waals surface area contributed by atoms with Crippen molar-refractivity contribution in [2.45, 2.75) is 19.3 Å². The molecule has 1 saturated heterocycles. The first-order chi connectivity index (χ1) is 17.3. The minimum atomic E-state index is -0.662. The zero-order valence-electron chi connectivity index (χ0n) is 20.2. The predicted molar refractivity (Wildman–Crippen MR) is 136 cm³/mol. The summed E-state index contributed by atoms with van der Waals surface area (Å²) in [7, 11) is 0. The quantitative estimate of drug-likeness (QED) is 0.407. The summed E-state index contributed by atoms with van der Waals surface area (Å²) in [5.41, 5.74) is 7.44. The molecule has 0 bridgehead atoms. The van der Waals surface area contributed by atoms with Gasteiger partial charge in [-0.25, -0.2) is 4.39 Å². The van der Waals surface area contributed by atoms with Gasteiger partial charge < -0.3 is 20.8 Å². The Bertz CT molecular complexity index is 1190. The molecular formula is C29H31FN2O4. The lowest BCUT2D eigenvalue weighted by Gasteiger charge is -2.43. The minimum Gasteiger partial charge on any atom is -0.508 e. The van der Waals surface area contributed by atoms with Crippen LogP contribution in [0.2, 0.25) is 0 Å². The summed E-state index contributed by atoms with van der Waals surface area (Å²) in [6.07, 6.45) is 0.698. The average Bonchev–Trinajstić information content (AvgIpc) is 2.88. The van der Waals surface area contributed by atoms with Gasteiger partial charge in [0.15, 0.2) is 11.6 Å². The molecule has 1 aliphatic heterocycles. The Hall–Kier alpha value is -3.55. The third-order valence-corrected chi connectivity index (χ3v) is 7.06. The van der Waals surface area contributed by atoms with Crippen LogP contribution in [-0.2, 0) is 0 Å². The zero-order valence-corrected chi connectivity index (χ0v) is 20.2. The molecule has 7 heteroatoms. The molecule has 4 rings (SSSR count). The van der Waals surface area contributed by atoms with E-state index in [4.69, 9.17) is 5.73 Å². The van der Waals surface area contributed by atoms with E-state index in [-0.39, 0.29) is 23.1 Å². The highest BCUT2D eigenvalue weighted by Crippen LogP contribution is 2.42. The molecular weight excluding hydrogens is 459 g/mol. The molecule has 0 aliphatic carbocycles. The van der Waals surface area contributed by atoms with Gasteiger partial charge in [0.2, 0.25) is 0 Å². The second-order valence-electron chi connectivity index (χ2n) is 9.42. The fourth-order valence-electron chi connectivity index (χ4n) is 5.29. The Morgan fingerprint density at radius 1 is 0.917 bits per heavy atom. The number of Topliss-reactive ketones (excluding diaryl/α,β-unsaturated/α-hetero) is 2. The number of halogens is 1. The number of rotatable bonds is 8. The van der Waals surface area contributed by atoms with Crippen LogP contribution in [0.15, 0.2) is 66.7 Å².